The minimum Gasteiger partial charge on any atom is -0.369 e. The van der Waals surface area contributed by atoms with Gasteiger partial charge in [-0.1, -0.05) is 0 Å². The summed E-state index contributed by atoms with van der Waals surface area (Å²) in [5.41, 5.74) is -0.730. The number of aliphatic hydroxyl groups is 1. The summed E-state index contributed by atoms with van der Waals surface area (Å²) in [5.74, 6) is 0. The fraction of sp³-hybridized carbons (Fsp3) is 0.833. The van der Waals surface area contributed by atoms with Crippen molar-refractivity contribution >= 4 is 6.03 Å². The molecular formula is C6H12N2O3. The Labute approximate surface area is 64.8 Å². The SMILES string of the molecule is CN1C(=O)N(O)C(O)C1(C)C. The largest absolute Gasteiger partial charge is 0.369 e. The molecule has 1 unspecified atom stereocenters. The Balaban J connectivity index is 2.96. The van der Waals surface area contributed by atoms with E-state index in [1.54, 1.807) is 13.8 Å². The number of carbonyl (C=O) groups excluding carboxylic acids is 1. The van der Waals surface area contributed by atoms with Gasteiger partial charge in [-0.25, -0.2) is 4.79 Å². The molecule has 0 aromatic heterocycles. The van der Waals surface area contributed by atoms with Crippen LogP contribution >= 0.6 is 0 Å². The van der Waals surface area contributed by atoms with Gasteiger partial charge in [0.25, 0.3) is 0 Å². The molecule has 1 fully saturated rings. The summed E-state index contributed by atoms with van der Waals surface area (Å²) in [6, 6.07) is -0.581. The lowest BCUT2D eigenvalue weighted by Gasteiger charge is -2.27. The second kappa shape index (κ2) is 2.09. The van der Waals surface area contributed by atoms with Crippen LogP contribution in [0.4, 0.5) is 4.79 Å². The van der Waals surface area contributed by atoms with Gasteiger partial charge in [0.15, 0.2) is 6.23 Å². The Bertz CT molecular complexity index is 192. The lowest BCUT2D eigenvalue weighted by atomic mass is 10.0. The van der Waals surface area contributed by atoms with E-state index < -0.39 is 17.8 Å². The van der Waals surface area contributed by atoms with E-state index in [4.69, 9.17) is 5.21 Å². The Morgan fingerprint density at radius 2 is 2.00 bits per heavy atom. The third-order valence-electron chi connectivity index (χ3n) is 2.21. The van der Waals surface area contributed by atoms with Crippen molar-refractivity contribution in [3.8, 4) is 0 Å². The van der Waals surface area contributed by atoms with Crippen molar-refractivity contribution in [2.45, 2.75) is 25.6 Å². The molecule has 5 heteroatoms. The zero-order chi connectivity index (χ0) is 8.81. The van der Waals surface area contributed by atoms with Gasteiger partial charge in [-0.15, -0.1) is 0 Å². The number of urea groups is 1. The number of hydroxylamine groups is 2. The van der Waals surface area contributed by atoms with Gasteiger partial charge >= 0.3 is 6.03 Å². The molecule has 0 aromatic carbocycles. The van der Waals surface area contributed by atoms with Crippen LogP contribution in [0, 0.1) is 0 Å². The lowest BCUT2D eigenvalue weighted by Crippen LogP contribution is -2.44. The monoisotopic (exact) mass is 160 g/mol. The van der Waals surface area contributed by atoms with Crippen molar-refractivity contribution in [3.63, 3.8) is 0 Å². The Kier molecular flexibility index (Phi) is 1.57. The van der Waals surface area contributed by atoms with Gasteiger partial charge in [0.2, 0.25) is 0 Å². The number of carbonyl (C=O) groups is 1. The van der Waals surface area contributed by atoms with Crippen molar-refractivity contribution in [2.24, 2.45) is 0 Å². The molecule has 1 atom stereocenters. The maximum Gasteiger partial charge on any atom is 0.346 e. The van der Waals surface area contributed by atoms with Crippen LogP contribution in [0.2, 0.25) is 0 Å². The average molecular weight is 160 g/mol. The van der Waals surface area contributed by atoms with Crippen molar-refractivity contribution in [2.75, 3.05) is 7.05 Å². The van der Waals surface area contributed by atoms with Crippen LogP contribution in [0.25, 0.3) is 0 Å². The third-order valence-corrected chi connectivity index (χ3v) is 2.21. The molecule has 0 aromatic rings. The number of rotatable bonds is 0. The normalized spacial score (nSPS) is 29.9. The third kappa shape index (κ3) is 0.883. The van der Waals surface area contributed by atoms with Crippen LogP contribution in [-0.2, 0) is 0 Å². The predicted octanol–water partition coefficient (Wildman–Crippen LogP) is -0.160. The first-order chi connectivity index (χ1) is 4.89. The molecule has 0 spiro atoms. The van der Waals surface area contributed by atoms with Gasteiger partial charge < -0.3 is 10.0 Å². The summed E-state index contributed by atoms with van der Waals surface area (Å²) >= 11 is 0. The molecule has 1 aliphatic rings. The minimum absolute atomic E-state index is 0.333. The van der Waals surface area contributed by atoms with Crippen molar-refractivity contribution in [3.05, 3.63) is 0 Å². The molecule has 1 aliphatic heterocycles. The van der Waals surface area contributed by atoms with Crippen molar-refractivity contribution in [1.82, 2.24) is 9.96 Å². The van der Waals surface area contributed by atoms with E-state index >= 15 is 0 Å². The highest BCUT2D eigenvalue weighted by Gasteiger charge is 2.48. The van der Waals surface area contributed by atoms with E-state index in [-0.39, 0.29) is 0 Å². The van der Waals surface area contributed by atoms with Crippen molar-refractivity contribution in [1.29, 1.82) is 0 Å². The molecular weight excluding hydrogens is 148 g/mol. The average Bonchev–Trinajstić information content (AvgIpc) is 2.06. The van der Waals surface area contributed by atoms with Gasteiger partial charge in [-0.3, -0.25) is 5.21 Å². The van der Waals surface area contributed by atoms with E-state index in [0.29, 0.717) is 5.06 Å². The fourth-order valence-electron chi connectivity index (χ4n) is 0.977. The van der Waals surface area contributed by atoms with E-state index in [2.05, 4.69) is 0 Å². The first-order valence-corrected chi connectivity index (χ1v) is 3.33. The van der Waals surface area contributed by atoms with Gasteiger partial charge in [0.1, 0.15) is 0 Å². The number of hydrogen-bond donors (Lipinski definition) is 2. The molecule has 5 nitrogen and oxygen atoms in total. The first kappa shape index (κ1) is 8.29. The molecule has 64 valence electrons. The van der Waals surface area contributed by atoms with E-state index in [1.807, 2.05) is 0 Å². The Morgan fingerprint density at radius 1 is 1.55 bits per heavy atom. The lowest BCUT2D eigenvalue weighted by molar-refractivity contribution is -0.152. The van der Waals surface area contributed by atoms with E-state index in [9.17, 15) is 9.90 Å². The molecule has 0 aliphatic carbocycles. The zero-order valence-corrected chi connectivity index (χ0v) is 6.77. The molecule has 1 heterocycles. The maximum absolute atomic E-state index is 11.0. The van der Waals surface area contributed by atoms with Crippen LogP contribution in [0.15, 0.2) is 0 Å². The van der Waals surface area contributed by atoms with Crippen LogP contribution in [-0.4, -0.2) is 45.1 Å². The van der Waals surface area contributed by atoms with E-state index in [1.165, 1.54) is 11.9 Å². The highest BCUT2D eigenvalue weighted by Crippen LogP contribution is 2.27. The summed E-state index contributed by atoms with van der Waals surface area (Å²) in [5, 5.41) is 18.6. The molecule has 0 bridgehead atoms. The molecule has 0 radical (unpaired) electrons. The molecule has 11 heavy (non-hydrogen) atoms. The number of amides is 2. The number of nitrogens with zero attached hydrogens (tertiary/aromatic N) is 2. The van der Waals surface area contributed by atoms with Gasteiger partial charge in [0.05, 0.1) is 5.54 Å². The quantitative estimate of drug-likeness (QED) is 0.484. The molecule has 2 N–H and O–H groups in total. The maximum atomic E-state index is 11.0. The van der Waals surface area contributed by atoms with Crippen molar-refractivity contribution < 1.29 is 15.1 Å². The fourth-order valence-corrected chi connectivity index (χ4v) is 0.977. The van der Waals surface area contributed by atoms with Crippen LogP contribution in [0.1, 0.15) is 13.8 Å². The number of hydrogen-bond acceptors (Lipinski definition) is 3. The van der Waals surface area contributed by atoms with Gasteiger partial charge in [-0.05, 0) is 13.8 Å². The first-order valence-electron chi connectivity index (χ1n) is 3.33. The van der Waals surface area contributed by atoms with Crippen LogP contribution < -0.4 is 0 Å². The van der Waals surface area contributed by atoms with Gasteiger partial charge in [-0.2, -0.15) is 5.06 Å². The Morgan fingerprint density at radius 3 is 2.09 bits per heavy atom. The standard InChI is InChI=1S/C6H12N2O3/c1-6(2)4(9)8(11)5(10)7(6)3/h4,9,11H,1-3H3. The second-order valence-corrected chi connectivity index (χ2v) is 3.21. The topological polar surface area (TPSA) is 64.0 Å². The molecule has 0 saturated carbocycles. The minimum atomic E-state index is -1.15. The smallest absolute Gasteiger partial charge is 0.346 e. The highest BCUT2D eigenvalue weighted by molar-refractivity contribution is 5.76. The van der Waals surface area contributed by atoms with Gasteiger partial charge in [0, 0.05) is 7.05 Å². The predicted molar refractivity (Wildman–Crippen MR) is 36.9 cm³/mol. The molecule has 1 rings (SSSR count). The number of likely N-dealkylation sites (N-methyl/N-ethyl adjacent to an activating group) is 1. The summed E-state index contributed by atoms with van der Waals surface area (Å²) in [4.78, 5) is 12.3. The zero-order valence-electron chi connectivity index (χ0n) is 6.77. The van der Waals surface area contributed by atoms with E-state index in [0.717, 1.165) is 0 Å². The summed E-state index contributed by atoms with van der Waals surface area (Å²) < 4.78 is 0. The summed E-state index contributed by atoms with van der Waals surface area (Å²) in [6.45, 7) is 3.34. The van der Waals surface area contributed by atoms with Crippen LogP contribution in [0.3, 0.4) is 0 Å². The molecule has 1 saturated heterocycles. The highest BCUT2D eigenvalue weighted by atomic mass is 16.6. The second-order valence-electron chi connectivity index (χ2n) is 3.21. The van der Waals surface area contributed by atoms with Crippen LogP contribution in [0.5, 0.6) is 0 Å². The molecule has 2 amide bonds. The summed E-state index contributed by atoms with van der Waals surface area (Å²) in [7, 11) is 1.53. The summed E-state index contributed by atoms with van der Waals surface area (Å²) in [6.07, 6.45) is -1.15. The number of aliphatic hydroxyl groups excluding tert-OH is 1. The Hall–Kier alpha value is -0.810.